The van der Waals surface area contributed by atoms with E-state index in [1.165, 1.54) is 0 Å². The predicted octanol–water partition coefficient (Wildman–Crippen LogP) is 1.04. The molecule has 0 saturated carbocycles. The van der Waals surface area contributed by atoms with Crippen LogP contribution in [0.3, 0.4) is 0 Å². The van der Waals surface area contributed by atoms with Crippen LogP contribution in [0, 0.1) is 6.92 Å². The minimum absolute atomic E-state index is 0.0995. The van der Waals surface area contributed by atoms with Gasteiger partial charge in [-0.1, -0.05) is 6.07 Å². The number of aromatic nitrogens is 1. The van der Waals surface area contributed by atoms with Crippen LogP contribution in [0.1, 0.15) is 24.6 Å². The van der Waals surface area contributed by atoms with Gasteiger partial charge in [0, 0.05) is 11.9 Å². The summed E-state index contributed by atoms with van der Waals surface area (Å²) in [5.74, 6) is -0.907. The summed E-state index contributed by atoms with van der Waals surface area (Å²) in [6.45, 7) is 3.56. The Hall–Kier alpha value is -1.42. The first-order valence-electron chi connectivity index (χ1n) is 4.35. The van der Waals surface area contributed by atoms with Crippen LogP contribution in [0.25, 0.3) is 0 Å². The van der Waals surface area contributed by atoms with Crippen LogP contribution in [0.5, 0.6) is 0 Å². The summed E-state index contributed by atoms with van der Waals surface area (Å²) in [7, 11) is 0. The molecule has 0 saturated heterocycles. The Morgan fingerprint density at radius 1 is 1.64 bits per heavy atom. The molecule has 76 valence electrons. The SMILES string of the molecule is Cc1ccc([C@](C)(N)CC(=O)O)cn1. The molecular weight excluding hydrogens is 180 g/mol. The highest BCUT2D eigenvalue weighted by molar-refractivity contribution is 5.68. The third-order valence-corrected chi connectivity index (χ3v) is 2.09. The smallest absolute Gasteiger partial charge is 0.305 e. The number of carboxylic acids is 1. The first-order chi connectivity index (χ1) is 6.42. The third-order valence-electron chi connectivity index (χ3n) is 2.09. The molecule has 1 heterocycles. The van der Waals surface area contributed by atoms with E-state index in [9.17, 15) is 4.79 Å². The van der Waals surface area contributed by atoms with Gasteiger partial charge in [-0.3, -0.25) is 9.78 Å². The number of aliphatic carboxylic acids is 1. The number of nitrogens with two attached hydrogens (primary N) is 1. The van der Waals surface area contributed by atoms with E-state index < -0.39 is 11.5 Å². The standard InChI is InChI=1S/C10H14N2O2/c1-7-3-4-8(6-12-7)10(2,11)5-9(13)14/h3-4,6H,5,11H2,1-2H3,(H,13,14)/t10-/m1/s1. The van der Waals surface area contributed by atoms with Gasteiger partial charge in [0.05, 0.1) is 12.0 Å². The van der Waals surface area contributed by atoms with Crippen molar-refractivity contribution < 1.29 is 9.90 Å². The number of hydrogen-bond acceptors (Lipinski definition) is 3. The summed E-state index contributed by atoms with van der Waals surface area (Å²) >= 11 is 0. The van der Waals surface area contributed by atoms with E-state index in [1.807, 2.05) is 19.1 Å². The summed E-state index contributed by atoms with van der Waals surface area (Å²) in [6.07, 6.45) is 1.52. The molecule has 1 rings (SSSR count). The van der Waals surface area contributed by atoms with E-state index in [2.05, 4.69) is 4.98 Å². The van der Waals surface area contributed by atoms with Crippen LogP contribution in [0.2, 0.25) is 0 Å². The topological polar surface area (TPSA) is 76.2 Å². The average molecular weight is 194 g/mol. The molecule has 1 aromatic rings. The number of carboxylic acid groups (broad SMARTS) is 1. The Balaban J connectivity index is 2.91. The molecule has 4 nitrogen and oxygen atoms in total. The fraction of sp³-hybridized carbons (Fsp3) is 0.400. The van der Waals surface area contributed by atoms with Crippen LogP contribution >= 0.6 is 0 Å². The summed E-state index contributed by atoms with van der Waals surface area (Å²) < 4.78 is 0. The molecule has 0 fully saturated rings. The van der Waals surface area contributed by atoms with Gasteiger partial charge in [-0.05, 0) is 25.5 Å². The van der Waals surface area contributed by atoms with Gasteiger partial charge in [0.25, 0.3) is 0 Å². The lowest BCUT2D eigenvalue weighted by Crippen LogP contribution is -2.35. The molecular formula is C10H14N2O2. The number of hydrogen-bond donors (Lipinski definition) is 2. The molecule has 0 spiro atoms. The van der Waals surface area contributed by atoms with Crippen molar-refractivity contribution in [2.45, 2.75) is 25.8 Å². The third kappa shape index (κ3) is 2.53. The van der Waals surface area contributed by atoms with E-state index in [0.29, 0.717) is 0 Å². The molecule has 14 heavy (non-hydrogen) atoms. The maximum absolute atomic E-state index is 10.6. The second-order valence-electron chi connectivity index (χ2n) is 3.68. The molecule has 1 atom stereocenters. The number of aryl methyl sites for hydroxylation is 1. The molecule has 0 amide bonds. The largest absolute Gasteiger partial charge is 0.481 e. The predicted molar refractivity (Wildman–Crippen MR) is 52.8 cm³/mol. The second kappa shape index (κ2) is 3.75. The number of nitrogens with zero attached hydrogens (tertiary/aromatic N) is 1. The summed E-state index contributed by atoms with van der Waals surface area (Å²) in [5, 5.41) is 8.66. The minimum Gasteiger partial charge on any atom is -0.481 e. The van der Waals surface area contributed by atoms with E-state index in [4.69, 9.17) is 10.8 Å². The quantitative estimate of drug-likeness (QED) is 0.753. The average Bonchev–Trinajstić information content (AvgIpc) is 2.02. The Labute approximate surface area is 82.8 Å². The van der Waals surface area contributed by atoms with Crippen molar-refractivity contribution in [1.82, 2.24) is 4.98 Å². The first-order valence-corrected chi connectivity index (χ1v) is 4.35. The van der Waals surface area contributed by atoms with Gasteiger partial charge >= 0.3 is 5.97 Å². The number of rotatable bonds is 3. The molecule has 3 N–H and O–H groups in total. The van der Waals surface area contributed by atoms with Gasteiger partial charge in [0.15, 0.2) is 0 Å². The summed E-state index contributed by atoms with van der Waals surface area (Å²) in [4.78, 5) is 14.6. The molecule has 0 aromatic carbocycles. The molecule has 0 bridgehead atoms. The van der Waals surface area contributed by atoms with Crippen molar-refractivity contribution in [3.8, 4) is 0 Å². The molecule has 0 radical (unpaired) electrons. The Morgan fingerprint density at radius 2 is 2.29 bits per heavy atom. The Morgan fingerprint density at radius 3 is 2.71 bits per heavy atom. The summed E-state index contributed by atoms with van der Waals surface area (Å²) in [6, 6.07) is 3.63. The maximum atomic E-state index is 10.6. The van der Waals surface area contributed by atoms with Gasteiger partial charge in [0.1, 0.15) is 0 Å². The van der Waals surface area contributed by atoms with Gasteiger partial charge in [0.2, 0.25) is 0 Å². The van der Waals surface area contributed by atoms with Crippen molar-refractivity contribution >= 4 is 5.97 Å². The fourth-order valence-corrected chi connectivity index (χ4v) is 1.22. The molecule has 4 heteroatoms. The zero-order chi connectivity index (χ0) is 10.8. The Kier molecular flexibility index (Phi) is 2.86. The molecule has 1 aromatic heterocycles. The molecule has 0 aliphatic heterocycles. The van der Waals surface area contributed by atoms with Crippen molar-refractivity contribution in [1.29, 1.82) is 0 Å². The van der Waals surface area contributed by atoms with E-state index in [0.717, 1.165) is 11.3 Å². The number of pyridine rings is 1. The Bertz CT molecular complexity index is 330. The van der Waals surface area contributed by atoms with Gasteiger partial charge in [-0.2, -0.15) is 0 Å². The molecule has 0 aliphatic carbocycles. The van der Waals surface area contributed by atoms with Crippen LogP contribution in [0.4, 0.5) is 0 Å². The van der Waals surface area contributed by atoms with Crippen molar-refractivity contribution in [3.05, 3.63) is 29.6 Å². The monoisotopic (exact) mass is 194 g/mol. The van der Waals surface area contributed by atoms with E-state index in [-0.39, 0.29) is 6.42 Å². The number of carbonyl (C=O) groups is 1. The van der Waals surface area contributed by atoms with Crippen LogP contribution in [-0.4, -0.2) is 16.1 Å². The lowest BCUT2D eigenvalue weighted by atomic mass is 9.91. The van der Waals surface area contributed by atoms with Gasteiger partial charge in [-0.25, -0.2) is 0 Å². The van der Waals surface area contributed by atoms with Gasteiger partial charge < -0.3 is 10.8 Å². The molecule has 0 aliphatic rings. The molecule has 0 unspecified atom stereocenters. The zero-order valence-corrected chi connectivity index (χ0v) is 8.32. The lowest BCUT2D eigenvalue weighted by molar-refractivity contribution is -0.138. The lowest BCUT2D eigenvalue weighted by Gasteiger charge is -2.22. The highest BCUT2D eigenvalue weighted by atomic mass is 16.4. The van der Waals surface area contributed by atoms with Crippen molar-refractivity contribution in [2.24, 2.45) is 5.73 Å². The van der Waals surface area contributed by atoms with Crippen molar-refractivity contribution in [3.63, 3.8) is 0 Å². The van der Waals surface area contributed by atoms with Crippen molar-refractivity contribution in [2.75, 3.05) is 0 Å². The van der Waals surface area contributed by atoms with Crippen LogP contribution in [0.15, 0.2) is 18.3 Å². The normalized spacial score (nSPS) is 14.8. The zero-order valence-electron chi connectivity index (χ0n) is 8.32. The van der Waals surface area contributed by atoms with Gasteiger partial charge in [-0.15, -0.1) is 0 Å². The minimum atomic E-state index is -0.907. The first kappa shape index (κ1) is 10.7. The maximum Gasteiger partial charge on any atom is 0.305 e. The summed E-state index contributed by atoms with van der Waals surface area (Å²) in [5.41, 5.74) is 6.64. The highest BCUT2D eigenvalue weighted by Gasteiger charge is 2.24. The van der Waals surface area contributed by atoms with Crippen LogP contribution < -0.4 is 5.73 Å². The fourth-order valence-electron chi connectivity index (χ4n) is 1.22. The highest BCUT2D eigenvalue weighted by Crippen LogP contribution is 2.20. The van der Waals surface area contributed by atoms with E-state index >= 15 is 0 Å². The van der Waals surface area contributed by atoms with Crippen LogP contribution in [-0.2, 0) is 10.3 Å². The van der Waals surface area contributed by atoms with E-state index in [1.54, 1.807) is 13.1 Å². The second-order valence-corrected chi connectivity index (χ2v) is 3.68.